The van der Waals surface area contributed by atoms with E-state index in [4.69, 9.17) is 34.3 Å². The third-order valence-electron chi connectivity index (χ3n) is 5.66. The molecule has 188 valence electrons. The number of rotatable bonds is 11. The van der Waals surface area contributed by atoms with Crippen LogP contribution in [0, 0.1) is 11.3 Å². The maximum atomic E-state index is 11.7. The van der Waals surface area contributed by atoms with Crippen LogP contribution in [-0.2, 0) is 23.3 Å². The smallest absolute Gasteiger partial charge is 0.259 e. The molecule has 2 aliphatic heterocycles. The molecule has 34 heavy (non-hydrogen) atoms. The van der Waals surface area contributed by atoms with E-state index in [1.54, 1.807) is 18.2 Å². The quantitative estimate of drug-likeness (QED) is 0.363. The Bertz CT molecular complexity index is 882. The van der Waals surface area contributed by atoms with Crippen LogP contribution < -0.4 is 5.73 Å². The van der Waals surface area contributed by atoms with Gasteiger partial charge in [0.15, 0.2) is 5.79 Å². The number of carbonyl (C=O) groups is 1. The fourth-order valence-corrected chi connectivity index (χ4v) is 6.02. The molecule has 2 aliphatic rings. The number of primary amides is 1. The maximum Gasteiger partial charge on any atom is 0.259 e. The number of hydrogen-bond acceptors (Lipinski definition) is 8. The minimum Gasteiger partial charge on any atom is -0.366 e. The maximum absolute atomic E-state index is 11.7. The minimum absolute atomic E-state index is 0.194. The van der Waals surface area contributed by atoms with Crippen molar-refractivity contribution in [1.29, 1.82) is 5.26 Å². The van der Waals surface area contributed by atoms with Crippen molar-refractivity contribution >= 4 is 14.4 Å². The summed E-state index contributed by atoms with van der Waals surface area (Å²) < 4.78 is 33.2. The zero-order chi connectivity index (χ0) is 25.0. The fourth-order valence-electron chi connectivity index (χ4n) is 4.40. The van der Waals surface area contributed by atoms with Crippen molar-refractivity contribution in [2.45, 2.75) is 90.2 Å². The zero-order valence-electron chi connectivity index (χ0n) is 20.8. The largest absolute Gasteiger partial charge is 0.366 e. The Hall–Kier alpha value is -1.63. The van der Waals surface area contributed by atoms with Gasteiger partial charge in [-0.1, -0.05) is 12.1 Å². The lowest BCUT2D eigenvalue weighted by molar-refractivity contribution is -0.190. The average Bonchev–Trinajstić information content (AvgIpc) is 3.24. The molecule has 1 amide bonds. The number of nitrogens with zero attached hydrogens (tertiary/aromatic N) is 2. The highest BCUT2D eigenvalue weighted by Crippen LogP contribution is 2.49. The van der Waals surface area contributed by atoms with Crippen LogP contribution in [-0.4, -0.2) is 60.0 Å². The van der Waals surface area contributed by atoms with Crippen molar-refractivity contribution in [3.05, 3.63) is 35.4 Å². The fraction of sp³-hybridized carbons (Fsp3) is 0.667. The molecule has 0 bridgehead atoms. The number of benzene rings is 1. The Labute approximate surface area is 203 Å². The molecule has 1 aromatic carbocycles. The summed E-state index contributed by atoms with van der Waals surface area (Å²) in [5, 5.41) is 8.93. The van der Waals surface area contributed by atoms with Gasteiger partial charge in [0.25, 0.3) is 8.53 Å². The van der Waals surface area contributed by atoms with Gasteiger partial charge in [0.2, 0.25) is 5.91 Å². The SMILES string of the molecule is CC(C)N(C(C)C)P(OCCC#N)OC[C@H]1O[C@@H](c2cccc(C(N)=O)c2)[C@@H]2OC(C)(C)O[C@@H]21. The first kappa shape index (κ1) is 27.0. The summed E-state index contributed by atoms with van der Waals surface area (Å²) >= 11 is 0. The van der Waals surface area contributed by atoms with Crippen LogP contribution in [0.2, 0.25) is 0 Å². The standard InChI is InChI=1S/C24H36N3O6P/c1-15(2)27(16(3)4)34(29-12-8-11-25)30-14-19-21-22(33-24(5,6)32-21)20(31-19)17-9-7-10-18(13-17)23(26)28/h7,9-10,13,15-16,19-22H,8,12,14H2,1-6H3,(H2,26,28)/t19-,20+,21-,22+,34?/m1/s1. The Morgan fingerprint density at radius 3 is 2.50 bits per heavy atom. The third kappa shape index (κ3) is 6.32. The first-order chi connectivity index (χ1) is 16.0. The molecule has 3 rings (SSSR count). The first-order valence-electron chi connectivity index (χ1n) is 11.7. The number of nitrogens with two attached hydrogens (primary N) is 1. The molecule has 10 heteroatoms. The third-order valence-corrected chi connectivity index (χ3v) is 7.74. The van der Waals surface area contributed by atoms with E-state index in [1.165, 1.54) is 0 Å². The summed E-state index contributed by atoms with van der Waals surface area (Å²) in [7, 11) is -1.41. The molecule has 2 heterocycles. The monoisotopic (exact) mass is 493 g/mol. The molecule has 1 aromatic rings. The van der Waals surface area contributed by atoms with Crippen LogP contribution in [0.3, 0.4) is 0 Å². The predicted octanol–water partition coefficient (Wildman–Crippen LogP) is 4.04. The molecule has 9 nitrogen and oxygen atoms in total. The summed E-state index contributed by atoms with van der Waals surface area (Å²) in [4.78, 5) is 11.7. The molecule has 2 saturated heterocycles. The zero-order valence-corrected chi connectivity index (χ0v) is 21.7. The van der Waals surface area contributed by atoms with E-state index >= 15 is 0 Å². The lowest BCUT2D eigenvalue weighted by Crippen LogP contribution is -2.36. The number of ether oxygens (including phenoxy) is 3. The van der Waals surface area contributed by atoms with Crippen LogP contribution in [0.5, 0.6) is 0 Å². The Morgan fingerprint density at radius 1 is 1.21 bits per heavy atom. The highest BCUT2D eigenvalue weighted by molar-refractivity contribution is 7.44. The van der Waals surface area contributed by atoms with Crippen molar-refractivity contribution < 1.29 is 28.1 Å². The Morgan fingerprint density at radius 2 is 1.88 bits per heavy atom. The highest BCUT2D eigenvalue weighted by Gasteiger charge is 2.55. The summed E-state index contributed by atoms with van der Waals surface area (Å²) in [6.45, 7) is 12.6. The van der Waals surface area contributed by atoms with Gasteiger partial charge in [0.05, 0.1) is 25.7 Å². The first-order valence-corrected chi connectivity index (χ1v) is 12.8. The van der Waals surface area contributed by atoms with Crippen LogP contribution in [0.25, 0.3) is 0 Å². The van der Waals surface area contributed by atoms with Gasteiger partial charge in [-0.05, 0) is 59.2 Å². The van der Waals surface area contributed by atoms with Gasteiger partial charge in [-0.15, -0.1) is 0 Å². The summed E-state index contributed by atoms with van der Waals surface area (Å²) in [5.41, 5.74) is 6.69. The van der Waals surface area contributed by atoms with Crippen LogP contribution in [0.1, 0.15) is 70.0 Å². The normalized spacial score (nSPS) is 26.7. The summed E-state index contributed by atoms with van der Waals surface area (Å²) in [6.07, 6.45) is -1.25. The van der Waals surface area contributed by atoms with Crippen molar-refractivity contribution in [3.63, 3.8) is 0 Å². The van der Waals surface area contributed by atoms with E-state index in [1.807, 2.05) is 19.9 Å². The molecular weight excluding hydrogens is 457 g/mol. The average molecular weight is 494 g/mol. The number of amides is 1. The van der Waals surface area contributed by atoms with E-state index in [2.05, 4.69) is 38.4 Å². The highest BCUT2D eigenvalue weighted by atomic mass is 31.2. The van der Waals surface area contributed by atoms with Gasteiger partial charge in [-0.3, -0.25) is 4.79 Å². The topological polar surface area (TPSA) is 116 Å². The molecular formula is C24H36N3O6P. The minimum atomic E-state index is -1.41. The molecule has 0 aliphatic carbocycles. The molecule has 0 aromatic heterocycles. The Kier molecular flexibility index (Phi) is 9.04. The van der Waals surface area contributed by atoms with Crippen molar-refractivity contribution in [2.24, 2.45) is 5.73 Å². The molecule has 0 saturated carbocycles. The van der Waals surface area contributed by atoms with E-state index in [-0.39, 0.29) is 30.9 Å². The summed E-state index contributed by atoms with van der Waals surface area (Å²) in [6, 6.07) is 9.58. The predicted molar refractivity (Wildman–Crippen MR) is 128 cm³/mol. The van der Waals surface area contributed by atoms with Gasteiger partial charge in [0.1, 0.15) is 24.4 Å². The Balaban J connectivity index is 1.79. The van der Waals surface area contributed by atoms with Gasteiger partial charge >= 0.3 is 0 Å². The number of fused-ring (bicyclic) bond motifs is 1. The van der Waals surface area contributed by atoms with E-state index in [9.17, 15) is 4.79 Å². The van der Waals surface area contributed by atoms with Crippen LogP contribution >= 0.6 is 8.53 Å². The van der Waals surface area contributed by atoms with Crippen molar-refractivity contribution in [1.82, 2.24) is 4.67 Å². The van der Waals surface area contributed by atoms with Crippen LogP contribution in [0.4, 0.5) is 0 Å². The molecule has 0 spiro atoms. The van der Waals surface area contributed by atoms with E-state index in [0.717, 1.165) is 5.56 Å². The molecule has 5 atom stereocenters. The van der Waals surface area contributed by atoms with Crippen LogP contribution in [0.15, 0.2) is 24.3 Å². The van der Waals surface area contributed by atoms with Gasteiger partial charge < -0.3 is 29.0 Å². The lowest BCUT2D eigenvalue weighted by atomic mass is 10.00. The number of hydrogen-bond donors (Lipinski definition) is 1. The van der Waals surface area contributed by atoms with Gasteiger partial charge in [-0.25, -0.2) is 4.67 Å². The van der Waals surface area contributed by atoms with Gasteiger partial charge in [-0.2, -0.15) is 5.26 Å². The lowest BCUT2D eigenvalue weighted by Gasteiger charge is -2.36. The molecule has 0 radical (unpaired) electrons. The second-order valence-electron chi connectivity index (χ2n) is 9.49. The van der Waals surface area contributed by atoms with Crippen molar-refractivity contribution in [3.8, 4) is 6.07 Å². The second-order valence-corrected chi connectivity index (χ2v) is 10.9. The number of carbonyl (C=O) groups excluding carboxylic acids is 1. The molecule has 1 unspecified atom stereocenters. The van der Waals surface area contributed by atoms with Gasteiger partial charge in [0, 0.05) is 17.6 Å². The molecule has 2 fully saturated rings. The van der Waals surface area contributed by atoms with E-state index in [0.29, 0.717) is 18.6 Å². The molecule has 2 N–H and O–H groups in total. The second kappa shape index (κ2) is 11.4. The van der Waals surface area contributed by atoms with Crippen molar-refractivity contribution in [2.75, 3.05) is 13.2 Å². The number of nitriles is 1. The summed E-state index contributed by atoms with van der Waals surface area (Å²) in [5.74, 6) is -1.27. The van der Waals surface area contributed by atoms with E-state index < -0.39 is 32.4 Å².